The van der Waals surface area contributed by atoms with Gasteiger partial charge in [-0.3, -0.25) is 0 Å². The minimum Gasteiger partial charge on any atom is -0.316 e. The van der Waals surface area contributed by atoms with Crippen molar-refractivity contribution in [3.05, 3.63) is 60.0 Å². The molecule has 3 aromatic rings. The van der Waals surface area contributed by atoms with Crippen molar-refractivity contribution in [3.8, 4) is 0 Å². The number of rotatable bonds is 4. The predicted molar refractivity (Wildman–Crippen MR) is 92.4 cm³/mol. The molecule has 4 rings (SSSR count). The lowest BCUT2D eigenvalue weighted by Gasteiger charge is -2.22. The minimum atomic E-state index is 0.676. The number of imidazole rings is 1. The van der Waals surface area contributed by atoms with E-state index in [0.717, 1.165) is 43.0 Å². The van der Waals surface area contributed by atoms with E-state index in [-0.39, 0.29) is 0 Å². The van der Waals surface area contributed by atoms with Crippen molar-refractivity contribution in [3.63, 3.8) is 0 Å². The van der Waals surface area contributed by atoms with Crippen LogP contribution in [0.2, 0.25) is 0 Å². The smallest absolute Gasteiger partial charge is 0.160 e. The van der Waals surface area contributed by atoms with Crippen LogP contribution in [0.5, 0.6) is 0 Å². The van der Waals surface area contributed by atoms with Crippen molar-refractivity contribution in [2.75, 3.05) is 13.1 Å². The molecule has 1 aromatic carbocycles. The van der Waals surface area contributed by atoms with Gasteiger partial charge in [-0.05, 0) is 49.5 Å². The van der Waals surface area contributed by atoms with E-state index < -0.39 is 0 Å². The summed E-state index contributed by atoms with van der Waals surface area (Å²) in [7, 11) is 0. The fraction of sp³-hybridized carbons (Fsp3) is 0.368. The van der Waals surface area contributed by atoms with E-state index in [9.17, 15) is 0 Å². The zero-order valence-corrected chi connectivity index (χ0v) is 13.3. The summed E-state index contributed by atoms with van der Waals surface area (Å²) >= 11 is 0. The van der Waals surface area contributed by atoms with Gasteiger partial charge in [-0.2, -0.15) is 0 Å². The van der Waals surface area contributed by atoms with Crippen molar-refractivity contribution in [1.82, 2.24) is 19.9 Å². The molecule has 0 bridgehead atoms. The summed E-state index contributed by atoms with van der Waals surface area (Å²) in [5.41, 5.74) is 3.29. The molecule has 1 aliphatic heterocycles. The number of pyridine rings is 1. The van der Waals surface area contributed by atoms with Crippen LogP contribution < -0.4 is 5.32 Å². The second-order valence-electron chi connectivity index (χ2n) is 6.36. The maximum atomic E-state index is 4.88. The van der Waals surface area contributed by atoms with E-state index in [1.165, 1.54) is 18.4 Å². The molecule has 118 valence electrons. The summed E-state index contributed by atoms with van der Waals surface area (Å²) in [6, 6.07) is 14.6. The standard InChI is InChI=1S/C19H22N4/c1-2-6-15(7-3-1)14-23-18(12-16-8-4-10-20-13-16)22-17-9-5-11-21-19(17)23/h1-3,5-7,9,11,16,20H,4,8,10,12-14H2. The molecule has 1 saturated heterocycles. The first-order valence-electron chi connectivity index (χ1n) is 8.45. The molecule has 3 heterocycles. The molecule has 4 nitrogen and oxygen atoms in total. The van der Waals surface area contributed by atoms with Gasteiger partial charge >= 0.3 is 0 Å². The molecule has 1 unspecified atom stereocenters. The summed E-state index contributed by atoms with van der Waals surface area (Å²) in [5.74, 6) is 1.84. The highest BCUT2D eigenvalue weighted by molar-refractivity contribution is 5.71. The van der Waals surface area contributed by atoms with Crippen molar-refractivity contribution in [2.45, 2.75) is 25.8 Å². The number of nitrogens with one attached hydrogen (secondary N) is 1. The second kappa shape index (κ2) is 6.50. The highest BCUT2D eigenvalue weighted by Crippen LogP contribution is 2.21. The second-order valence-corrected chi connectivity index (χ2v) is 6.36. The number of hydrogen-bond acceptors (Lipinski definition) is 3. The zero-order valence-electron chi connectivity index (χ0n) is 13.3. The lowest BCUT2D eigenvalue weighted by atomic mass is 9.96. The molecule has 1 aliphatic rings. The van der Waals surface area contributed by atoms with Crippen LogP contribution in [0, 0.1) is 5.92 Å². The third-order valence-electron chi connectivity index (χ3n) is 4.64. The first kappa shape index (κ1) is 14.4. The lowest BCUT2D eigenvalue weighted by Crippen LogP contribution is -2.31. The SMILES string of the molecule is c1ccc(Cn2c(CC3CCCNC3)nc3cccnc32)cc1. The van der Waals surface area contributed by atoms with Crippen LogP contribution in [0.1, 0.15) is 24.2 Å². The quantitative estimate of drug-likeness (QED) is 0.805. The van der Waals surface area contributed by atoms with Crippen molar-refractivity contribution >= 4 is 11.2 Å². The fourth-order valence-electron chi connectivity index (χ4n) is 3.45. The van der Waals surface area contributed by atoms with Gasteiger partial charge in [0.05, 0.1) is 6.54 Å². The Morgan fingerprint density at radius 3 is 2.87 bits per heavy atom. The molecular weight excluding hydrogens is 284 g/mol. The number of aromatic nitrogens is 3. The highest BCUT2D eigenvalue weighted by atomic mass is 15.1. The summed E-state index contributed by atoms with van der Waals surface area (Å²) in [4.78, 5) is 9.45. The van der Waals surface area contributed by atoms with E-state index in [1.807, 2.05) is 12.3 Å². The number of nitrogens with zero attached hydrogens (tertiary/aromatic N) is 3. The number of hydrogen-bond donors (Lipinski definition) is 1. The van der Waals surface area contributed by atoms with Gasteiger partial charge in [0, 0.05) is 12.6 Å². The maximum Gasteiger partial charge on any atom is 0.160 e. The van der Waals surface area contributed by atoms with E-state index in [0.29, 0.717) is 5.92 Å². The van der Waals surface area contributed by atoms with Crippen molar-refractivity contribution in [2.24, 2.45) is 5.92 Å². The van der Waals surface area contributed by atoms with Crippen molar-refractivity contribution in [1.29, 1.82) is 0 Å². The van der Waals surface area contributed by atoms with Crippen LogP contribution in [-0.4, -0.2) is 27.6 Å². The first-order chi connectivity index (χ1) is 11.4. The maximum absolute atomic E-state index is 4.88. The Hall–Kier alpha value is -2.20. The zero-order chi connectivity index (χ0) is 15.5. The molecule has 2 aromatic heterocycles. The molecule has 0 amide bonds. The van der Waals surface area contributed by atoms with Gasteiger partial charge in [0.15, 0.2) is 5.65 Å². The molecule has 0 spiro atoms. The van der Waals surface area contributed by atoms with Gasteiger partial charge in [-0.1, -0.05) is 30.3 Å². The number of fused-ring (bicyclic) bond motifs is 1. The normalized spacial score (nSPS) is 18.3. The third kappa shape index (κ3) is 3.13. The molecule has 4 heteroatoms. The van der Waals surface area contributed by atoms with Gasteiger partial charge in [0.25, 0.3) is 0 Å². The minimum absolute atomic E-state index is 0.676. The average molecular weight is 306 g/mol. The number of piperidine rings is 1. The first-order valence-corrected chi connectivity index (χ1v) is 8.45. The molecule has 23 heavy (non-hydrogen) atoms. The monoisotopic (exact) mass is 306 g/mol. The Balaban J connectivity index is 1.69. The molecule has 1 atom stereocenters. The van der Waals surface area contributed by atoms with Crippen LogP contribution in [0.15, 0.2) is 48.7 Å². The Labute approximate surface area is 136 Å². The molecule has 0 saturated carbocycles. The summed E-state index contributed by atoms with van der Waals surface area (Å²) < 4.78 is 2.29. The van der Waals surface area contributed by atoms with Gasteiger partial charge in [0.2, 0.25) is 0 Å². The molecule has 1 fully saturated rings. The van der Waals surface area contributed by atoms with Crippen LogP contribution >= 0.6 is 0 Å². The predicted octanol–water partition coefficient (Wildman–Crippen LogP) is 3.02. The van der Waals surface area contributed by atoms with E-state index in [4.69, 9.17) is 4.98 Å². The Bertz CT molecular complexity index is 772. The molecular formula is C19H22N4. The van der Waals surface area contributed by atoms with Crippen LogP contribution in [0.25, 0.3) is 11.2 Å². The summed E-state index contributed by atoms with van der Waals surface area (Å²) in [6.07, 6.45) is 5.43. The van der Waals surface area contributed by atoms with Gasteiger partial charge in [0.1, 0.15) is 11.3 Å². The van der Waals surface area contributed by atoms with E-state index >= 15 is 0 Å². The van der Waals surface area contributed by atoms with Gasteiger partial charge in [-0.15, -0.1) is 0 Å². The third-order valence-corrected chi connectivity index (χ3v) is 4.64. The van der Waals surface area contributed by atoms with E-state index in [1.54, 1.807) is 0 Å². The van der Waals surface area contributed by atoms with Gasteiger partial charge < -0.3 is 9.88 Å². The topological polar surface area (TPSA) is 42.7 Å². The largest absolute Gasteiger partial charge is 0.316 e. The van der Waals surface area contributed by atoms with Crippen LogP contribution in [-0.2, 0) is 13.0 Å². The lowest BCUT2D eigenvalue weighted by molar-refractivity contribution is 0.367. The summed E-state index contributed by atoms with van der Waals surface area (Å²) in [5, 5.41) is 3.51. The van der Waals surface area contributed by atoms with Crippen LogP contribution in [0.3, 0.4) is 0 Å². The Morgan fingerprint density at radius 1 is 1.13 bits per heavy atom. The fourth-order valence-corrected chi connectivity index (χ4v) is 3.45. The molecule has 0 aliphatic carbocycles. The molecule has 0 radical (unpaired) electrons. The van der Waals surface area contributed by atoms with E-state index in [2.05, 4.69) is 51.3 Å². The Morgan fingerprint density at radius 2 is 2.04 bits per heavy atom. The average Bonchev–Trinajstić information content (AvgIpc) is 2.94. The molecule has 1 N–H and O–H groups in total. The highest BCUT2D eigenvalue weighted by Gasteiger charge is 2.19. The van der Waals surface area contributed by atoms with Gasteiger partial charge in [-0.25, -0.2) is 9.97 Å². The Kier molecular flexibility index (Phi) is 4.07. The van der Waals surface area contributed by atoms with Crippen molar-refractivity contribution < 1.29 is 0 Å². The van der Waals surface area contributed by atoms with Crippen LogP contribution in [0.4, 0.5) is 0 Å². The summed E-state index contributed by atoms with van der Waals surface area (Å²) in [6.45, 7) is 3.09. The number of benzene rings is 1.